The average Bonchev–Trinajstić information content (AvgIpc) is 3.18. The Bertz CT molecular complexity index is 2180. The van der Waals surface area contributed by atoms with Crippen LogP contribution in [-0.2, 0) is 19.2 Å². The molecule has 1 unspecified atom stereocenters. The fraction of sp³-hybridized carbons (Fsp3) is 0.333. The van der Waals surface area contributed by atoms with E-state index in [1.54, 1.807) is 48.5 Å². The highest BCUT2D eigenvalue weighted by Gasteiger charge is 2.32. The van der Waals surface area contributed by atoms with Crippen molar-refractivity contribution in [3.8, 4) is 131 Å². The van der Waals surface area contributed by atoms with Gasteiger partial charge in [0.1, 0.15) is 37.4 Å². The third-order valence-electron chi connectivity index (χ3n) is 7.53. The molecule has 56 heavy (non-hydrogen) atoms. The Morgan fingerprint density at radius 2 is 0.982 bits per heavy atom. The van der Waals surface area contributed by atoms with E-state index >= 15 is 0 Å². The molecule has 0 fully saturated rings. The molecule has 2 rings (SSSR count). The molecule has 1 N–H and O–H groups in total. The number of aliphatic hydroxyl groups is 1. The van der Waals surface area contributed by atoms with Gasteiger partial charge in [0.05, 0.1) is 6.61 Å². The minimum atomic E-state index is -1.70. The SMILES string of the molecule is C#CC#CC#CC#CC#CC#CC#CC#CC#COCCOc1ccc(C(O)(C#C)c2ccc(OCCOCCC[Si](C)(C)O[Si](C)(C)CCCC)cc2)cc1. The molecule has 0 amide bonds. The lowest BCUT2D eigenvalue weighted by atomic mass is 9.87. The summed E-state index contributed by atoms with van der Waals surface area (Å²) in [6.07, 6.45) is 16.7. The number of unbranched alkanes of at least 4 members (excludes halogenated alkanes) is 1. The Morgan fingerprint density at radius 3 is 1.43 bits per heavy atom. The summed E-state index contributed by atoms with van der Waals surface area (Å²) in [5.74, 6) is 43.3. The number of hydrogen-bond donors (Lipinski definition) is 1. The summed E-state index contributed by atoms with van der Waals surface area (Å²) in [6.45, 7) is 13.6. The predicted octanol–water partition coefficient (Wildman–Crippen LogP) is 6.58. The van der Waals surface area contributed by atoms with Gasteiger partial charge in [-0.2, -0.15) is 0 Å². The van der Waals surface area contributed by atoms with E-state index in [9.17, 15) is 5.11 Å². The lowest BCUT2D eigenvalue weighted by molar-refractivity contribution is 0.100. The summed E-state index contributed by atoms with van der Waals surface area (Å²) in [7, 11) is -3.29. The normalized spacial score (nSPS) is 10.5. The Balaban J connectivity index is 1.72. The van der Waals surface area contributed by atoms with Crippen molar-refractivity contribution in [2.24, 2.45) is 0 Å². The number of rotatable bonds is 19. The molecule has 0 aromatic heterocycles. The van der Waals surface area contributed by atoms with Gasteiger partial charge in [0, 0.05) is 65.1 Å². The zero-order valence-corrected chi connectivity index (χ0v) is 34.8. The second kappa shape index (κ2) is 26.5. The maximum atomic E-state index is 11.4. The van der Waals surface area contributed by atoms with Crippen LogP contribution in [0.4, 0.5) is 0 Å². The maximum Gasteiger partial charge on any atom is 0.176 e. The molecule has 0 saturated heterocycles. The van der Waals surface area contributed by atoms with Gasteiger partial charge in [-0.1, -0.05) is 50.0 Å². The van der Waals surface area contributed by atoms with Gasteiger partial charge >= 0.3 is 0 Å². The fourth-order valence-corrected chi connectivity index (χ4v) is 14.0. The topological polar surface area (TPSA) is 66.4 Å². The lowest BCUT2D eigenvalue weighted by Gasteiger charge is -2.34. The predicted molar refractivity (Wildman–Crippen MR) is 229 cm³/mol. The van der Waals surface area contributed by atoms with Crippen LogP contribution in [0.3, 0.4) is 0 Å². The van der Waals surface area contributed by atoms with Gasteiger partial charge < -0.3 is 28.2 Å². The molecule has 2 aromatic carbocycles. The highest BCUT2D eigenvalue weighted by molar-refractivity contribution is 6.84. The van der Waals surface area contributed by atoms with Crippen LogP contribution < -0.4 is 9.47 Å². The van der Waals surface area contributed by atoms with Crippen LogP contribution in [0.1, 0.15) is 37.3 Å². The number of benzene rings is 2. The Hall–Kier alpha value is -6.25. The van der Waals surface area contributed by atoms with Crippen molar-refractivity contribution in [2.45, 2.75) is 70.1 Å². The van der Waals surface area contributed by atoms with Crippen LogP contribution in [-0.4, -0.2) is 54.8 Å². The van der Waals surface area contributed by atoms with Crippen LogP contribution in [0, 0.1) is 120 Å². The number of hydrogen-bond acceptors (Lipinski definition) is 6. The highest BCUT2D eigenvalue weighted by Crippen LogP contribution is 2.31. The molecule has 0 spiro atoms. The van der Waals surface area contributed by atoms with E-state index in [1.165, 1.54) is 18.9 Å². The van der Waals surface area contributed by atoms with Crippen LogP contribution in [0.5, 0.6) is 11.5 Å². The molecular formula is C48H46O6Si2. The molecular weight excluding hydrogens is 729 g/mol. The first kappa shape index (κ1) is 45.9. The van der Waals surface area contributed by atoms with Gasteiger partial charge in [0.15, 0.2) is 22.2 Å². The van der Waals surface area contributed by atoms with Crippen molar-refractivity contribution in [1.82, 2.24) is 0 Å². The van der Waals surface area contributed by atoms with Crippen molar-refractivity contribution in [1.29, 1.82) is 0 Å². The Morgan fingerprint density at radius 1 is 0.554 bits per heavy atom. The average molecular weight is 775 g/mol. The summed E-state index contributed by atoms with van der Waals surface area (Å²) < 4.78 is 29.3. The second-order valence-electron chi connectivity index (χ2n) is 13.0. The minimum absolute atomic E-state index is 0.210. The van der Waals surface area contributed by atoms with E-state index in [0.29, 0.717) is 42.4 Å². The van der Waals surface area contributed by atoms with Crippen molar-refractivity contribution in [3.63, 3.8) is 0 Å². The van der Waals surface area contributed by atoms with Gasteiger partial charge in [-0.25, -0.2) is 0 Å². The molecule has 0 aliphatic carbocycles. The van der Waals surface area contributed by atoms with E-state index < -0.39 is 22.2 Å². The van der Waals surface area contributed by atoms with E-state index in [1.807, 2.05) is 0 Å². The van der Waals surface area contributed by atoms with Gasteiger partial charge in [-0.3, -0.25) is 0 Å². The molecule has 0 bridgehead atoms. The summed E-state index contributed by atoms with van der Waals surface area (Å²) in [5.41, 5.74) is -0.562. The monoisotopic (exact) mass is 774 g/mol. The second-order valence-corrected chi connectivity index (χ2v) is 21.9. The zero-order valence-electron chi connectivity index (χ0n) is 32.8. The third-order valence-corrected chi connectivity index (χ3v) is 15.1. The molecule has 0 radical (unpaired) electrons. The molecule has 0 heterocycles. The molecule has 0 aliphatic heterocycles. The first-order valence-electron chi connectivity index (χ1n) is 18.1. The summed E-state index contributed by atoms with van der Waals surface area (Å²) in [6, 6.07) is 16.3. The first-order valence-corrected chi connectivity index (χ1v) is 24.3. The zero-order chi connectivity index (χ0) is 40.8. The molecule has 1 atom stereocenters. The molecule has 0 saturated carbocycles. The van der Waals surface area contributed by atoms with Gasteiger partial charge in [0.25, 0.3) is 0 Å². The largest absolute Gasteiger partial charge is 0.491 e. The Labute approximate surface area is 337 Å². The van der Waals surface area contributed by atoms with Crippen molar-refractivity contribution < 1.29 is 28.2 Å². The summed E-state index contributed by atoms with van der Waals surface area (Å²) in [5, 5.41) is 11.4. The van der Waals surface area contributed by atoms with Crippen molar-refractivity contribution in [3.05, 3.63) is 59.7 Å². The van der Waals surface area contributed by atoms with Crippen LogP contribution in [0.2, 0.25) is 38.3 Å². The van der Waals surface area contributed by atoms with Gasteiger partial charge in [0.2, 0.25) is 0 Å². The Kier molecular flexibility index (Phi) is 21.7. The maximum absolute atomic E-state index is 11.4. The molecule has 2 aromatic rings. The molecule has 0 aliphatic rings. The fourth-order valence-electron chi connectivity index (χ4n) is 5.05. The third kappa shape index (κ3) is 19.7. The van der Waals surface area contributed by atoms with Gasteiger partial charge in [-0.15, -0.1) is 12.8 Å². The first-order chi connectivity index (χ1) is 27.0. The number of ether oxygens (including phenoxy) is 4. The highest BCUT2D eigenvalue weighted by atomic mass is 28.4. The van der Waals surface area contributed by atoms with E-state index in [4.69, 9.17) is 35.9 Å². The molecule has 6 nitrogen and oxygen atoms in total. The van der Waals surface area contributed by atoms with Crippen LogP contribution in [0.15, 0.2) is 48.5 Å². The quantitative estimate of drug-likeness (QED) is 0.0990. The smallest absolute Gasteiger partial charge is 0.176 e. The van der Waals surface area contributed by atoms with Crippen LogP contribution >= 0.6 is 0 Å². The van der Waals surface area contributed by atoms with E-state index in [-0.39, 0.29) is 13.2 Å². The standard InChI is InChI=1S/C48H46O6Si2/c1-8-11-13-14-15-16-17-18-19-20-21-22-23-24-25-26-36-50-38-40-52-46-32-28-44(29-33-46)48(49,10-3)45-30-34-47(35-31-45)53-41-39-51-37-27-43-56(6,7)54-55(4,5)42-12-9-2/h1,3,28-35,49H,9,12,27,37-43H2,2,4-7H3. The summed E-state index contributed by atoms with van der Waals surface area (Å²) in [4.78, 5) is 0. The van der Waals surface area contributed by atoms with Crippen LogP contribution in [0.25, 0.3) is 0 Å². The van der Waals surface area contributed by atoms with E-state index in [0.717, 1.165) is 12.5 Å². The molecule has 282 valence electrons. The minimum Gasteiger partial charge on any atom is -0.491 e. The lowest BCUT2D eigenvalue weighted by Crippen LogP contribution is -2.44. The summed E-state index contributed by atoms with van der Waals surface area (Å²) >= 11 is 0. The van der Waals surface area contributed by atoms with Gasteiger partial charge in [-0.05, 0) is 116 Å². The van der Waals surface area contributed by atoms with Crippen molar-refractivity contribution >= 4 is 16.6 Å². The van der Waals surface area contributed by atoms with Crippen molar-refractivity contribution in [2.75, 3.05) is 33.0 Å². The molecule has 8 heteroatoms. The number of terminal acetylenes is 2. The van der Waals surface area contributed by atoms with E-state index in [2.05, 4.69) is 140 Å².